The zero-order valence-corrected chi connectivity index (χ0v) is 12.9. The van der Waals surface area contributed by atoms with E-state index in [0.717, 1.165) is 17.6 Å². The minimum atomic E-state index is 0.156. The summed E-state index contributed by atoms with van der Waals surface area (Å²) in [7, 11) is 1.73. The third-order valence-electron chi connectivity index (χ3n) is 4.48. The molecule has 0 unspecified atom stereocenters. The van der Waals surface area contributed by atoms with Gasteiger partial charge in [0.2, 0.25) is 0 Å². The Kier molecular flexibility index (Phi) is 4.27. The Bertz CT molecular complexity index is 320. The molecule has 0 aromatic heterocycles. The smallest absolute Gasteiger partial charge is 0.157 e. The first-order valence-electron chi connectivity index (χ1n) is 7.00. The van der Waals surface area contributed by atoms with E-state index in [1.54, 1.807) is 7.11 Å². The van der Waals surface area contributed by atoms with Gasteiger partial charge in [0, 0.05) is 17.4 Å². The van der Waals surface area contributed by atoms with Crippen LogP contribution in [0.3, 0.4) is 0 Å². The van der Waals surface area contributed by atoms with Gasteiger partial charge in [0.15, 0.2) is 5.17 Å². The highest BCUT2D eigenvalue weighted by atomic mass is 32.2. The molecule has 2 fully saturated rings. The largest absolute Gasteiger partial charge is 0.383 e. The van der Waals surface area contributed by atoms with Crippen LogP contribution in [-0.2, 0) is 4.74 Å². The molecular formula is C14H26N2OS. The lowest BCUT2D eigenvalue weighted by atomic mass is 9.73. The van der Waals surface area contributed by atoms with Crippen molar-refractivity contribution in [3.05, 3.63) is 0 Å². The highest BCUT2D eigenvalue weighted by Gasteiger charge is 2.53. The summed E-state index contributed by atoms with van der Waals surface area (Å²) in [4.78, 5) is 4.62. The molecule has 0 bridgehead atoms. The van der Waals surface area contributed by atoms with Crippen molar-refractivity contribution in [1.82, 2.24) is 5.32 Å². The van der Waals surface area contributed by atoms with Gasteiger partial charge in [0.25, 0.3) is 0 Å². The average molecular weight is 270 g/mol. The lowest BCUT2D eigenvalue weighted by Gasteiger charge is -2.43. The lowest BCUT2D eigenvalue weighted by Crippen LogP contribution is -2.52. The van der Waals surface area contributed by atoms with E-state index in [2.05, 4.69) is 31.1 Å². The fourth-order valence-electron chi connectivity index (χ4n) is 2.99. The second-order valence-electron chi connectivity index (χ2n) is 6.21. The number of methoxy groups -OCH3 is 1. The molecule has 0 amide bonds. The number of aliphatic imine (C=N–C) groups is 1. The molecule has 1 saturated heterocycles. The van der Waals surface area contributed by atoms with Crippen LogP contribution in [0.2, 0.25) is 0 Å². The van der Waals surface area contributed by atoms with Crippen molar-refractivity contribution in [1.29, 1.82) is 0 Å². The number of hydrogen-bond acceptors (Lipinski definition) is 3. The van der Waals surface area contributed by atoms with Crippen LogP contribution < -0.4 is 5.32 Å². The molecule has 2 aliphatic rings. The highest BCUT2D eigenvalue weighted by Crippen LogP contribution is 2.52. The molecule has 1 saturated carbocycles. The standard InChI is InChI=1S/C14H26N2OS/c1-11-5-7-14(8-6-11)13(2,3)16-12(18-14)15-9-10-17-4/h11H,5-10H2,1-4H3,(H,15,16). The third kappa shape index (κ3) is 2.69. The zero-order valence-electron chi connectivity index (χ0n) is 12.1. The third-order valence-corrected chi connectivity index (χ3v) is 6.22. The van der Waals surface area contributed by atoms with Crippen molar-refractivity contribution >= 4 is 16.9 Å². The van der Waals surface area contributed by atoms with Crippen molar-refractivity contribution < 1.29 is 4.74 Å². The van der Waals surface area contributed by atoms with Gasteiger partial charge in [-0.3, -0.25) is 4.99 Å². The quantitative estimate of drug-likeness (QED) is 0.800. The van der Waals surface area contributed by atoms with E-state index >= 15 is 0 Å². The van der Waals surface area contributed by atoms with E-state index < -0.39 is 0 Å². The summed E-state index contributed by atoms with van der Waals surface area (Å²) >= 11 is 1.98. The Balaban J connectivity index is 2.05. The monoisotopic (exact) mass is 270 g/mol. The minimum absolute atomic E-state index is 0.156. The van der Waals surface area contributed by atoms with E-state index in [1.165, 1.54) is 25.7 Å². The number of amidine groups is 1. The molecule has 1 aliphatic carbocycles. The maximum Gasteiger partial charge on any atom is 0.157 e. The van der Waals surface area contributed by atoms with Crippen LogP contribution in [0, 0.1) is 5.92 Å². The predicted molar refractivity (Wildman–Crippen MR) is 79.3 cm³/mol. The van der Waals surface area contributed by atoms with Crippen molar-refractivity contribution in [2.24, 2.45) is 10.9 Å². The van der Waals surface area contributed by atoms with Gasteiger partial charge < -0.3 is 10.1 Å². The molecule has 1 aliphatic heterocycles. The molecule has 1 spiro atoms. The molecule has 18 heavy (non-hydrogen) atoms. The molecule has 3 nitrogen and oxygen atoms in total. The Morgan fingerprint density at radius 3 is 2.67 bits per heavy atom. The van der Waals surface area contributed by atoms with E-state index in [4.69, 9.17) is 4.74 Å². The summed E-state index contributed by atoms with van der Waals surface area (Å²) in [5.41, 5.74) is 0.156. The maximum atomic E-state index is 5.06. The van der Waals surface area contributed by atoms with Crippen LogP contribution in [0.1, 0.15) is 46.5 Å². The topological polar surface area (TPSA) is 33.6 Å². The first-order chi connectivity index (χ1) is 8.49. The number of thioether (sulfide) groups is 1. The molecule has 0 atom stereocenters. The summed E-state index contributed by atoms with van der Waals surface area (Å²) in [6.45, 7) is 8.49. The fraction of sp³-hybridized carbons (Fsp3) is 0.929. The van der Waals surface area contributed by atoms with Gasteiger partial charge in [0.1, 0.15) is 0 Å². The van der Waals surface area contributed by atoms with Crippen LogP contribution in [0.4, 0.5) is 0 Å². The van der Waals surface area contributed by atoms with E-state index in [9.17, 15) is 0 Å². The van der Waals surface area contributed by atoms with E-state index in [0.29, 0.717) is 11.4 Å². The molecule has 0 aromatic carbocycles. The number of ether oxygens (including phenoxy) is 1. The summed E-state index contributed by atoms with van der Waals surface area (Å²) in [5.74, 6) is 0.890. The van der Waals surface area contributed by atoms with Gasteiger partial charge in [-0.15, -0.1) is 0 Å². The summed E-state index contributed by atoms with van der Waals surface area (Å²) in [6, 6.07) is 0. The molecular weight excluding hydrogens is 244 g/mol. The van der Waals surface area contributed by atoms with Gasteiger partial charge in [-0.2, -0.15) is 0 Å². The first-order valence-corrected chi connectivity index (χ1v) is 7.81. The Labute approximate surface area is 115 Å². The summed E-state index contributed by atoms with van der Waals surface area (Å²) in [6.07, 6.45) is 5.32. The number of hydrogen-bond donors (Lipinski definition) is 1. The molecule has 1 heterocycles. The molecule has 2 rings (SSSR count). The van der Waals surface area contributed by atoms with Crippen molar-refractivity contribution in [2.45, 2.75) is 56.7 Å². The summed E-state index contributed by atoms with van der Waals surface area (Å²) in [5, 5.41) is 4.74. The van der Waals surface area contributed by atoms with E-state index in [-0.39, 0.29) is 5.54 Å². The minimum Gasteiger partial charge on any atom is -0.383 e. The average Bonchev–Trinajstić information content (AvgIpc) is 2.55. The lowest BCUT2D eigenvalue weighted by molar-refractivity contribution is 0.207. The molecule has 4 heteroatoms. The van der Waals surface area contributed by atoms with Gasteiger partial charge in [0.05, 0.1) is 13.2 Å². The SMILES string of the molecule is COCCN=C1NC(C)(C)C2(CCC(C)CC2)S1. The van der Waals surface area contributed by atoms with Crippen molar-refractivity contribution in [2.75, 3.05) is 20.3 Å². The van der Waals surface area contributed by atoms with Crippen molar-refractivity contribution in [3.63, 3.8) is 0 Å². The molecule has 104 valence electrons. The second-order valence-corrected chi connectivity index (χ2v) is 7.58. The Morgan fingerprint density at radius 1 is 1.39 bits per heavy atom. The first kappa shape index (κ1) is 14.2. The van der Waals surface area contributed by atoms with Crippen LogP contribution in [0.5, 0.6) is 0 Å². The summed E-state index contributed by atoms with van der Waals surface area (Å²) < 4.78 is 5.41. The van der Waals surface area contributed by atoms with Crippen LogP contribution in [-0.4, -0.2) is 35.7 Å². The van der Waals surface area contributed by atoms with Crippen LogP contribution >= 0.6 is 11.8 Å². The number of nitrogens with one attached hydrogen (secondary N) is 1. The second kappa shape index (κ2) is 5.41. The van der Waals surface area contributed by atoms with Gasteiger partial charge in [-0.1, -0.05) is 18.7 Å². The Morgan fingerprint density at radius 2 is 2.06 bits per heavy atom. The van der Waals surface area contributed by atoms with Crippen molar-refractivity contribution in [3.8, 4) is 0 Å². The molecule has 1 N–H and O–H groups in total. The fourth-order valence-corrected chi connectivity index (χ4v) is 4.56. The number of nitrogens with zero attached hydrogens (tertiary/aromatic N) is 1. The van der Waals surface area contributed by atoms with Gasteiger partial charge >= 0.3 is 0 Å². The Hall–Kier alpha value is -0.220. The zero-order chi connectivity index (χ0) is 13.2. The number of rotatable bonds is 3. The predicted octanol–water partition coefficient (Wildman–Crippen LogP) is 3.05. The molecule has 0 radical (unpaired) electrons. The van der Waals surface area contributed by atoms with Crippen LogP contribution in [0.15, 0.2) is 4.99 Å². The molecule has 0 aromatic rings. The highest BCUT2D eigenvalue weighted by molar-refractivity contribution is 8.15. The van der Waals surface area contributed by atoms with Crippen LogP contribution in [0.25, 0.3) is 0 Å². The maximum absolute atomic E-state index is 5.06. The van der Waals surface area contributed by atoms with Gasteiger partial charge in [-0.25, -0.2) is 0 Å². The van der Waals surface area contributed by atoms with E-state index in [1.807, 2.05) is 11.8 Å². The van der Waals surface area contributed by atoms with Gasteiger partial charge in [-0.05, 0) is 45.4 Å². The normalized spacial score (nSPS) is 37.1.